The van der Waals surface area contributed by atoms with Gasteiger partial charge in [0.1, 0.15) is 13.2 Å². The van der Waals surface area contributed by atoms with Crippen molar-refractivity contribution in [3.8, 4) is 11.5 Å². The van der Waals surface area contributed by atoms with E-state index in [-0.39, 0.29) is 18.0 Å². The largest absolute Gasteiger partial charge is 0.486 e. The molecule has 0 saturated carbocycles. The fourth-order valence-electron chi connectivity index (χ4n) is 2.45. The molecule has 0 aromatic heterocycles. The summed E-state index contributed by atoms with van der Waals surface area (Å²) in [6.45, 7) is 0.999. The maximum atomic E-state index is 13.3. The number of halogens is 1. The van der Waals surface area contributed by atoms with Crippen LogP contribution in [0.5, 0.6) is 11.5 Å². The Kier molecular flexibility index (Phi) is 4.78. The molecule has 1 aliphatic rings. The zero-order chi connectivity index (χ0) is 17.8. The van der Waals surface area contributed by atoms with Crippen LogP contribution in [0.2, 0.25) is 0 Å². The second kappa shape index (κ2) is 7.16. The highest BCUT2D eigenvalue weighted by atomic mass is 19.1. The van der Waals surface area contributed by atoms with Gasteiger partial charge in [0.25, 0.3) is 0 Å². The van der Waals surface area contributed by atoms with Gasteiger partial charge in [0.2, 0.25) is 11.7 Å². The van der Waals surface area contributed by atoms with E-state index < -0.39 is 16.4 Å². The number of aryl methyl sites for hydroxylation is 1. The normalized spacial score (nSPS) is 12.5. The Morgan fingerprint density at radius 2 is 1.92 bits per heavy atom. The first-order valence-electron chi connectivity index (χ1n) is 7.65. The van der Waals surface area contributed by atoms with Crippen molar-refractivity contribution in [2.24, 2.45) is 0 Å². The van der Waals surface area contributed by atoms with Crippen LogP contribution in [-0.2, 0) is 11.2 Å². The second-order valence-corrected chi connectivity index (χ2v) is 5.45. The molecule has 0 aliphatic carbocycles. The fraction of sp³-hybridized carbons (Fsp3) is 0.235. The number of nitro benzene ring substituents is 1. The number of rotatable bonds is 5. The van der Waals surface area contributed by atoms with Crippen LogP contribution in [0.1, 0.15) is 12.0 Å². The SMILES string of the molecule is O=C(CCc1ccc2c(c1)OCCO2)Nc1ccc(F)c([N+](=O)[O-])c1. The van der Waals surface area contributed by atoms with Gasteiger partial charge in [-0.25, -0.2) is 0 Å². The first-order valence-corrected chi connectivity index (χ1v) is 7.65. The molecule has 2 aromatic carbocycles. The topological polar surface area (TPSA) is 90.7 Å². The molecule has 25 heavy (non-hydrogen) atoms. The van der Waals surface area contributed by atoms with Crippen LogP contribution < -0.4 is 14.8 Å². The van der Waals surface area contributed by atoms with E-state index in [0.29, 0.717) is 31.1 Å². The first-order chi connectivity index (χ1) is 12.0. The molecule has 7 nitrogen and oxygen atoms in total. The zero-order valence-electron chi connectivity index (χ0n) is 13.2. The highest BCUT2D eigenvalue weighted by molar-refractivity contribution is 5.91. The number of nitrogens with one attached hydrogen (secondary N) is 1. The summed E-state index contributed by atoms with van der Waals surface area (Å²) in [6.07, 6.45) is 0.635. The number of nitrogens with zero attached hydrogens (tertiary/aromatic N) is 1. The van der Waals surface area contributed by atoms with Crippen molar-refractivity contribution in [3.63, 3.8) is 0 Å². The van der Waals surface area contributed by atoms with Crippen molar-refractivity contribution in [3.05, 3.63) is 57.9 Å². The van der Waals surface area contributed by atoms with Gasteiger partial charge >= 0.3 is 5.69 Å². The summed E-state index contributed by atoms with van der Waals surface area (Å²) in [5, 5.41) is 13.2. The van der Waals surface area contributed by atoms with Gasteiger partial charge in [0.15, 0.2) is 11.5 Å². The fourth-order valence-corrected chi connectivity index (χ4v) is 2.45. The molecule has 8 heteroatoms. The van der Waals surface area contributed by atoms with Gasteiger partial charge in [0.05, 0.1) is 4.92 Å². The predicted molar refractivity (Wildman–Crippen MR) is 87.4 cm³/mol. The average Bonchev–Trinajstić information content (AvgIpc) is 2.61. The van der Waals surface area contributed by atoms with Crippen molar-refractivity contribution in [2.75, 3.05) is 18.5 Å². The van der Waals surface area contributed by atoms with Crippen LogP contribution in [0, 0.1) is 15.9 Å². The molecule has 0 radical (unpaired) electrons. The number of anilines is 1. The molecule has 1 amide bonds. The zero-order valence-corrected chi connectivity index (χ0v) is 13.2. The van der Waals surface area contributed by atoms with E-state index in [9.17, 15) is 19.3 Å². The minimum absolute atomic E-state index is 0.171. The van der Waals surface area contributed by atoms with Crippen LogP contribution >= 0.6 is 0 Å². The molecule has 3 rings (SSSR count). The number of carbonyl (C=O) groups is 1. The van der Waals surface area contributed by atoms with Gasteiger partial charge in [-0.1, -0.05) is 6.07 Å². The third-order valence-corrected chi connectivity index (χ3v) is 3.67. The predicted octanol–water partition coefficient (Wildman–Crippen LogP) is 3.08. The van der Waals surface area contributed by atoms with Crippen molar-refractivity contribution >= 4 is 17.3 Å². The number of amides is 1. The van der Waals surface area contributed by atoms with Crippen LogP contribution in [0.4, 0.5) is 15.8 Å². The molecule has 0 atom stereocenters. The highest BCUT2D eigenvalue weighted by Crippen LogP contribution is 2.31. The van der Waals surface area contributed by atoms with Gasteiger partial charge in [-0.05, 0) is 36.2 Å². The van der Waals surface area contributed by atoms with E-state index in [2.05, 4.69) is 5.32 Å². The summed E-state index contributed by atoms with van der Waals surface area (Å²) in [5.41, 5.74) is 0.411. The van der Waals surface area contributed by atoms with Crippen molar-refractivity contribution < 1.29 is 23.6 Å². The molecule has 1 aliphatic heterocycles. The van der Waals surface area contributed by atoms with E-state index in [1.54, 1.807) is 6.07 Å². The lowest BCUT2D eigenvalue weighted by molar-refractivity contribution is -0.387. The van der Waals surface area contributed by atoms with Crippen molar-refractivity contribution in [1.82, 2.24) is 0 Å². The third kappa shape index (κ3) is 4.03. The van der Waals surface area contributed by atoms with Crippen LogP contribution in [0.3, 0.4) is 0 Å². The molecule has 1 N–H and O–H groups in total. The standard InChI is InChI=1S/C17H15FN2O5/c18-13-4-3-12(10-14(13)20(22)23)19-17(21)6-2-11-1-5-15-16(9-11)25-8-7-24-15/h1,3-5,9-10H,2,6-8H2,(H,19,21). The first kappa shape index (κ1) is 16.7. The third-order valence-electron chi connectivity index (χ3n) is 3.67. The van der Waals surface area contributed by atoms with E-state index in [1.807, 2.05) is 12.1 Å². The van der Waals surface area contributed by atoms with Gasteiger partial charge in [-0.3, -0.25) is 14.9 Å². The monoisotopic (exact) mass is 346 g/mol. The Morgan fingerprint density at radius 3 is 2.68 bits per heavy atom. The Balaban J connectivity index is 1.60. The molecule has 1 heterocycles. The minimum atomic E-state index is -0.945. The van der Waals surface area contributed by atoms with Crippen LogP contribution in [-0.4, -0.2) is 24.0 Å². The van der Waals surface area contributed by atoms with E-state index >= 15 is 0 Å². The van der Waals surface area contributed by atoms with Crippen LogP contribution in [0.15, 0.2) is 36.4 Å². The molecule has 0 bridgehead atoms. The Labute approximate surface area is 142 Å². The summed E-state index contributed by atoms with van der Waals surface area (Å²) < 4.78 is 24.2. The van der Waals surface area contributed by atoms with E-state index in [4.69, 9.17) is 9.47 Å². The number of ether oxygens (including phenoxy) is 2. The Morgan fingerprint density at radius 1 is 1.16 bits per heavy atom. The lowest BCUT2D eigenvalue weighted by Gasteiger charge is -2.18. The maximum absolute atomic E-state index is 13.3. The maximum Gasteiger partial charge on any atom is 0.306 e. The summed E-state index contributed by atoms with van der Waals surface area (Å²) in [5.74, 6) is 0.0615. The highest BCUT2D eigenvalue weighted by Gasteiger charge is 2.16. The Hall–Kier alpha value is -3.16. The van der Waals surface area contributed by atoms with E-state index in [1.165, 1.54) is 6.07 Å². The molecule has 0 unspecified atom stereocenters. The smallest absolute Gasteiger partial charge is 0.306 e. The van der Waals surface area contributed by atoms with Gasteiger partial charge in [0, 0.05) is 18.2 Å². The number of nitro groups is 1. The van der Waals surface area contributed by atoms with Gasteiger partial charge < -0.3 is 14.8 Å². The van der Waals surface area contributed by atoms with Crippen LogP contribution in [0.25, 0.3) is 0 Å². The molecule has 2 aromatic rings. The summed E-state index contributed by atoms with van der Waals surface area (Å²) in [6, 6.07) is 8.70. The van der Waals surface area contributed by atoms with Gasteiger partial charge in [-0.15, -0.1) is 0 Å². The molecular formula is C17H15FN2O5. The lowest BCUT2D eigenvalue weighted by Crippen LogP contribution is -2.16. The average molecular weight is 346 g/mol. The lowest BCUT2D eigenvalue weighted by atomic mass is 10.1. The number of carbonyl (C=O) groups excluding carboxylic acids is 1. The number of hydrogen-bond donors (Lipinski definition) is 1. The Bertz CT molecular complexity index is 825. The number of fused-ring (bicyclic) bond motifs is 1. The summed E-state index contributed by atoms with van der Waals surface area (Å²) >= 11 is 0. The minimum Gasteiger partial charge on any atom is -0.486 e. The van der Waals surface area contributed by atoms with Crippen molar-refractivity contribution in [2.45, 2.75) is 12.8 Å². The molecule has 130 valence electrons. The van der Waals surface area contributed by atoms with Gasteiger partial charge in [-0.2, -0.15) is 4.39 Å². The van der Waals surface area contributed by atoms with E-state index in [0.717, 1.165) is 17.7 Å². The number of benzene rings is 2. The summed E-state index contributed by atoms with van der Waals surface area (Å²) in [4.78, 5) is 21.9. The molecular weight excluding hydrogens is 331 g/mol. The molecule has 0 saturated heterocycles. The quantitative estimate of drug-likeness (QED) is 0.664. The molecule has 0 spiro atoms. The molecule has 0 fully saturated rings. The summed E-state index contributed by atoms with van der Waals surface area (Å²) in [7, 11) is 0. The second-order valence-electron chi connectivity index (χ2n) is 5.45. The van der Waals surface area contributed by atoms with Crippen molar-refractivity contribution in [1.29, 1.82) is 0 Å². The number of hydrogen-bond acceptors (Lipinski definition) is 5.